The van der Waals surface area contributed by atoms with Crippen LogP contribution in [0.4, 0.5) is 0 Å². The number of hydrogen-bond donors (Lipinski definition) is 0. The fourth-order valence-electron chi connectivity index (χ4n) is 2.04. The fourth-order valence-corrected chi connectivity index (χ4v) is 2.34. The lowest BCUT2D eigenvalue weighted by atomic mass is 10.0. The maximum atomic E-state index is 12.0. The van der Waals surface area contributed by atoms with E-state index >= 15 is 0 Å². The first-order chi connectivity index (χ1) is 8.50. The largest absolute Gasteiger partial charge is 0.381 e. The van der Waals surface area contributed by atoms with Crippen molar-refractivity contribution in [3.8, 4) is 0 Å². The number of hydrogen-bond acceptors (Lipinski definition) is 4. The van der Waals surface area contributed by atoms with Crippen molar-refractivity contribution in [2.24, 2.45) is 5.92 Å². The highest BCUT2D eigenvalue weighted by Gasteiger charge is 2.24. The molecule has 0 saturated carbocycles. The Labute approximate surface area is 113 Å². The highest BCUT2D eigenvalue weighted by atomic mass is 79.9. The fraction of sp³-hybridized carbons (Fsp3) is 0.583. The molecular formula is C12H15BrN2O3. The maximum Gasteiger partial charge on any atom is 0.348 e. The van der Waals surface area contributed by atoms with E-state index in [9.17, 15) is 9.59 Å². The molecule has 2 heterocycles. The molecule has 98 valence electrons. The second-order valence-corrected chi connectivity index (χ2v) is 5.29. The number of Topliss-reactive ketones (excluding diaryl/α,β-unsaturated/α-hetero) is 1. The Kier molecular flexibility index (Phi) is 3.97. The van der Waals surface area contributed by atoms with Crippen molar-refractivity contribution in [1.82, 2.24) is 9.55 Å². The minimum absolute atomic E-state index is 0.0373. The molecular weight excluding hydrogens is 300 g/mol. The average Bonchev–Trinajstić information content (AvgIpc) is 2.85. The lowest BCUT2D eigenvalue weighted by Gasteiger charge is -2.13. The molecule has 2 rings (SSSR count). The van der Waals surface area contributed by atoms with Gasteiger partial charge in [-0.15, -0.1) is 0 Å². The Morgan fingerprint density at radius 2 is 2.28 bits per heavy atom. The third-order valence-corrected chi connectivity index (χ3v) is 4.38. The zero-order valence-corrected chi connectivity index (χ0v) is 12.0. The van der Waals surface area contributed by atoms with E-state index in [1.807, 2.05) is 0 Å². The summed E-state index contributed by atoms with van der Waals surface area (Å²) in [4.78, 5) is 27.7. The Hall–Kier alpha value is -1.01. The van der Waals surface area contributed by atoms with Crippen molar-refractivity contribution in [3.05, 3.63) is 26.3 Å². The number of ketones is 1. The van der Waals surface area contributed by atoms with Gasteiger partial charge in [-0.05, 0) is 36.2 Å². The minimum atomic E-state index is -0.375. The van der Waals surface area contributed by atoms with Crippen LogP contribution in [0, 0.1) is 19.8 Å². The van der Waals surface area contributed by atoms with Crippen LogP contribution < -0.4 is 5.69 Å². The molecule has 1 aliphatic rings. The van der Waals surface area contributed by atoms with E-state index in [2.05, 4.69) is 20.9 Å². The highest BCUT2D eigenvalue weighted by Crippen LogP contribution is 2.18. The summed E-state index contributed by atoms with van der Waals surface area (Å²) < 4.78 is 7.38. The van der Waals surface area contributed by atoms with Gasteiger partial charge >= 0.3 is 5.69 Å². The van der Waals surface area contributed by atoms with Gasteiger partial charge < -0.3 is 4.74 Å². The van der Waals surface area contributed by atoms with Gasteiger partial charge in [0.1, 0.15) is 0 Å². The number of carbonyl (C=O) groups excluding carboxylic acids is 1. The van der Waals surface area contributed by atoms with Crippen LogP contribution in [0.5, 0.6) is 0 Å². The predicted molar refractivity (Wildman–Crippen MR) is 69.6 cm³/mol. The summed E-state index contributed by atoms with van der Waals surface area (Å²) in [5, 5.41) is 0. The van der Waals surface area contributed by atoms with Crippen molar-refractivity contribution in [2.75, 3.05) is 13.2 Å². The van der Waals surface area contributed by atoms with Gasteiger partial charge in [0.2, 0.25) is 0 Å². The van der Waals surface area contributed by atoms with Gasteiger partial charge in [-0.2, -0.15) is 4.98 Å². The predicted octanol–water partition coefficient (Wildman–Crippen LogP) is 1.23. The molecule has 0 amide bonds. The van der Waals surface area contributed by atoms with Crippen LogP contribution in [0.3, 0.4) is 0 Å². The van der Waals surface area contributed by atoms with Crippen molar-refractivity contribution in [1.29, 1.82) is 0 Å². The summed E-state index contributed by atoms with van der Waals surface area (Å²) in [6, 6.07) is 0. The number of rotatable bonds is 3. The number of aryl methyl sites for hydroxylation is 1. The number of halogens is 1. The molecule has 0 aromatic carbocycles. The van der Waals surface area contributed by atoms with Gasteiger partial charge in [0, 0.05) is 18.2 Å². The van der Waals surface area contributed by atoms with Crippen molar-refractivity contribution < 1.29 is 9.53 Å². The molecule has 0 N–H and O–H groups in total. The van der Waals surface area contributed by atoms with Crippen molar-refractivity contribution in [2.45, 2.75) is 26.8 Å². The van der Waals surface area contributed by atoms with Gasteiger partial charge in [-0.25, -0.2) is 4.79 Å². The van der Waals surface area contributed by atoms with E-state index in [0.717, 1.165) is 16.6 Å². The molecule has 1 unspecified atom stereocenters. The van der Waals surface area contributed by atoms with Gasteiger partial charge in [0.15, 0.2) is 5.78 Å². The SMILES string of the molecule is Cc1nc(=O)n(CC(=O)C2CCOC2)c(C)c1Br. The van der Waals surface area contributed by atoms with Crippen LogP contribution in [0.2, 0.25) is 0 Å². The van der Waals surface area contributed by atoms with E-state index in [0.29, 0.717) is 18.9 Å². The van der Waals surface area contributed by atoms with E-state index in [1.165, 1.54) is 4.57 Å². The topological polar surface area (TPSA) is 61.2 Å². The molecule has 0 radical (unpaired) electrons. The lowest BCUT2D eigenvalue weighted by molar-refractivity contribution is -0.123. The normalized spacial score (nSPS) is 19.2. The molecule has 0 aliphatic carbocycles. The molecule has 1 aromatic heterocycles. The monoisotopic (exact) mass is 314 g/mol. The van der Waals surface area contributed by atoms with Crippen LogP contribution >= 0.6 is 15.9 Å². The molecule has 1 fully saturated rings. The summed E-state index contributed by atoms with van der Waals surface area (Å²) in [5.41, 5.74) is 1.01. The number of carbonyl (C=O) groups is 1. The molecule has 18 heavy (non-hydrogen) atoms. The van der Waals surface area contributed by atoms with Gasteiger partial charge in [0.25, 0.3) is 0 Å². The maximum absolute atomic E-state index is 12.0. The second kappa shape index (κ2) is 5.32. The molecule has 1 atom stereocenters. The molecule has 1 aliphatic heterocycles. The van der Waals surface area contributed by atoms with Crippen molar-refractivity contribution >= 4 is 21.7 Å². The Balaban J connectivity index is 2.26. The van der Waals surface area contributed by atoms with Gasteiger partial charge in [-0.1, -0.05) is 0 Å². The highest BCUT2D eigenvalue weighted by molar-refractivity contribution is 9.10. The second-order valence-electron chi connectivity index (χ2n) is 4.49. The quantitative estimate of drug-likeness (QED) is 0.842. The Morgan fingerprint density at radius 3 is 2.89 bits per heavy atom. The van der Waals surface area contributed by atoms with Gasteiger partial charge in [0.05, 0.1) is 23.3 Å². The lowest BCUT2D eigenvalue weighted by Crippen LogP contribution is -2.32. The van der Waals surface area contributed by atoms with E-state index in [1.54, 1.807) is 13.8 Å². The van der Waals surface area contributed by atoms with Crippen LogP contribution in [0.25, 0.3) is 0 Å². The molecule has 1 aromatic rings. The van der Waals surface area contributed by atoms with E-state index < -0.39 is 0 Å². The van der Waals surface area contributed by atoms with E-state index in [-0.39, 0.29) is 23.9 Å². The standard InChI is InChI=1S/C12H15BrN2O3/c1-7-11(13)8(2)15(12(17)14-7)5-10(16)9-3-4-18-6-9/h9H,3-6H2,1-2H3. The zero-order chi connectivity index (χ0) is 13.3. The van der Waals surface area contributed by atoms with Gasteiger partial charge in [-0.3, -0.25) is 9.36 Å². The summed E-state index contributed by atoms with van der Waals surface area (Å²) in [7, 11) is 0. The van der Waals surface area contributed by atoms with Crippen LogP contribution in [-0.4, -0.2) is 28.5 Å². The first-order valence-corrected chi connectivity index (χ1v) is 6.64. The Bertz CT molecular complexity index is 533. The number of nitrogens with zero attached hydrogens (tertiary/aromatic N) is 2. The summed E-state index contributed by atoms with van der Waals surface area (Å²) in [6.45, 7) is 4.73. The van der Waals surface area contributed by atoms with Crippen molar-refractivity contribution in [3.63, 3.8) is 0 Å². The van der Waals surface area contributed by atoms with E-state index in [4.69, 9.17) is 4.74 Å². The molecule has 0 spiro atoms. The first kappa shape index (κ1) is 13.4. The summed E-state index contributed by atoms with van der Waals surface area (Å²) in [6.07, 6.45) is 0.743. The Morgan fingerprint density at radius 1 is 1.56 bits per heavy atom. The smallest absolute Gasteiger partial charge is 0.348 e. The average molecular weight is 315 g/mol. The summed E-state index contributed by atoms with van der Waals surface area (Å²) >= 11 is 3.38. The van der Waals surface area contributed by atoms with Crippen LogP contribution in [0.15, 0.2) is 9.27 Å². The number of ether oxygens (including phenoxy) is 1. The summed E-state index contributed by atoms with van der Waals surface area (Å²) in [5.74, 6) is -0.0494. The molecule has 1 saturated heterocycles. The molecule has 6 heteroatoms. The zero-order valence-electron chi connectivity index (χ0n) is 10.4. The number of aromatic nitrogens is 2. The first-order valence-electron chi connectivity index (χ1n) is 5.84. The molecule has 5 nitrogen and oxygen atoms in total. The third kappa shape index (κ3) is 2.54. The third-order valence-electron chi connectivity index (χ3n) is 3.23. The van der Waals surface area contributed by atoms with Crippen LogP contribution in [-0.2, 0) is 16.1 Å². The van der Waals surface area contributed by atoms with Crippen LogP contribution in [0.1, 0.15) is 17.8 Å². The molecule has 0 bridgehead atoms. The minimum Gasteiger partial charge on any atom is -0.381 e.